The molecule has 1 aromatic rings. The number of H-pyrrole nitrogens is 1. The highest BCUT2D eigenvalue weighted by molar-refractivity contribution is 5.95. The van der Waals surface area contributed by atoms with Crippen LogP contribution in [0.5, 0.6) is 0 Å². The molecule has 1 aromatic heterocycles. The van der Waals surface area contributed by atoms with Crippen molar-refractivity contribution in [3.63, 3.8) is 0 Å². The van der Waals surface area contributed by atoms with Gasteiger partial charge in [-0.2, -0.15) is 0 Å². The minimum atomic E-state index is -0.566. The number of hydrogen-bond donors (Lipinski definition) is 3. The van der Waals surface area contributed by atoms with E-state index in [1.165, 1.54) is 0 Å². The minimum absolute atomic E-state index is 0.115. The lowest BCUT2D eigenvalue weighted by Crippen LogP contribution is -2.36. The Morgan fingerprint density at radius 1 is 1.50 bits per heavy atom. The predicted molar refractivity (Wildman–Crippen MR) is 69.8 cm³/mol. The van der Waals surface area contributed by atoms with Gasteiger partial charge in [0.05, 0.1) is 6.10 Å². The van der Waals surface area contributed by atoms with Gasteiger partial charge in [-0.15, -0.1) is 0 Å². The molecule has 0 radical (unpaired) electrons. The Hall–Kier alpha value is -1.62. The van der Waals surface area contributed by atoms with E-state index in [4.69, 9.17) is 0 Å². The fourth-order valence-electron chi connectivity index (χ4n) is 1.87. The van der Waals surface area contributed by atoms with Gasteiger partial charge in [-0.05, 0) is 31.9 Å². The van der Waals surface area contributed by atoms with Gasteiger partial charge in [-0.1, -0.05) is 13.3 Å². The Bertz CT molecular complexity index is 480. The summed E-state index contributed by atoms with van der Waals surface area (Å²) in [4.78, 5) is 26.2. The molecule has 0 saturated heterocycles. The molecular weight excluding hydrogens is 232 g/mol. The number of hydrogen-bond acceptors (Lipinski definition) is 3. The van der Waals surface area contributed by atoms with Crippen LogP contribution < -0.4 is 10.9 Å². The van der Waals surface area contributed by atoms with Crippen molar-refractivity contribution in [3.8, 4) is 0 Å². The Kier molecular flexibility index (Phi) is 5.09. The quantitative estimate of drug-likeness (QED) is 0.727. The summed E-state index contributed by atoms with van der Waals surface area (Å²) in [5, 5.41) is 12.1. The Labute approximate surface area is 106 Å². The van der Waals surface area contributed by atoms with Crippen molar-refractivity contribution in [1.29, 1.82) is 0 Å². The molecule has 0 aliphatic rings. The average molecular weight is 252 g/mol. The maximum absolute atomic E-state index is 11.9. The highest BCUT2D eigenvalue weighted by Crippen LogP contribution is 2.03. The second-order valence-corrected chi connectivity index (χ2v) is 4.49. The van der Waals surface area contributed by atoms with Crippen LogP contribution in [0.3, 0.4) is 0 Å². The number of aromatic amines is 1. The lowest BCUT2D eigenvalue weighted by atomic mass is 10.1. The Balaban J connectivity index is 2.76. The topological polar surface area (TPSA) is 82.2 Å². The van der Waals surface area contributed by atoms with Crippen molar-refractivity contribution in [2.45, 2.75) is 39.7 Å². The van der Waals surface area contributed by atoms with Crippen molar-refractivity contribution in [1.82, 2.24) is 10.3 Å². The predicted octanol–water partition coefficient (Wildman–Crippen LogP) is 0.883. The number of aliphatic hydroxyl groups is 1. The molecule has 5 nitrogen and oxygen atoms in total. The first kappa shape index (κ1) is 14.4. The van der Waals surface area contributed by atoms with E-state index in [0.29, 0.717) is 12.0 Å². The maximum atomic E-state index is 11.9. The second-order valence-electron chi connectivity index (χ2n) is 4.49. The molecule has 0 aromatic carbocycles. The fourth-order valence-corrected chi connectivity index (χ4v) is 1.87. The van der Waals surface area contributed by atoms with Crippen LogP contribution >= 0.6 is 0 Å². The van der Waals surface area contributed by atoms with Gasteiger partial charge in [0.2, 0.25) is 0 Å². The van der Waals surface area contributed by atoms with E-state index in [-0.39, 0.29) is 12.1 Å². The van der Waals surface area contributed by atoms with E-state index in [2.05, 4.69) is 10.3 Å². The molecule has 0 saturated carbocycles. The third kappa shape index (κ3) is 3.70. The third-order valence-electron chi connectivity index (χ3n) is 2.71. The molecule has 1 atom stereocenters. The molecule has 0 spiro atoms. The van der Waals surface area contributed by atoms with Gasteiger partial charge in [-0.25, -0.2) is 0 Å². The highest BCUT2D eigenvalue weighted by atomic mass is 16.3. The Morgan fingerprint density at radius 2 is 2.17 bits per heavy atom. The molecular formula is C13H20N2O3. The molecule has 0 fully saturated rings. The maximum Gasteiger partial charge on any atom is 0.261 e. The molecule has 0 bridgehead atoms. The molecule has 1 rings (SSSR count). The van der Waals surface area contributed by atoms with Crippen LogP contribution in [0.2, 0.25) is 0 Å². The number of carbonyl (C=O) groups is 1. The number of nitrogens with one attached hydrogen (secondary N) is 2. The molecule has 18 heavy (non-hydrogen) atoms. The van der Waals surface area contributed by atoms with Crippen LogP contribution in [0.1, 0.15) is 41.4 Å². The van der Waals surface area contributed by atoms with Crippen LogP contribution in [-0.4, -0.2) is 28.6 Å². The normalized spacial score (nSPS) is 12.2. The number of amides is 1. The number of aliphatic hydroxyl groups excluding tert-OH is 1. The van der Waals surface area contributed by atoms with Gasteiger partial charge in [-0.3, -0.25) is 9.59 Å². The van der Waals surface area contributed by atoms with Crippen LogP contribution in [0.4, 0.5) is 0 Å². The van der Waals surface area contributed by atoms with E-state index < -0.39 is 17.6 Å². The smallest absolute Gasteiger partial charge is 0.261 e. The first-order chi connectivity index (χ1) is 8.45. The summed E-state index contributed by atoms with van der Waals surface area (Å²) in [5.74, 6) is -0.441. The zero-order chi connectivity index (χ0) is 13.7. The molecule has 0 aliphatic carbocycles. The lowest BCUT2D eigenvalue weighted by molar-refractivity contribution is 0.0908. The number of carbonyl (C=O) groups excluding carboxylic acids is 1. The molecule has 1 heterocycles. The standard InChI is InChI=1S/C13H20N2O3/c1-4-5-10(16)7-14-12(17)11-8(2)6-9(3)15-13(11)18/h6,10,16H,4-5,7H2,1-3H3,(H,14,17)(H,15,18). The van der Waals surface area contributed by atoms with Crippen LogP contribution in [0.15, 0.2) is 10.9 Å². The molecule has 100 valence electrons. The summed E-state index contributed by atoms with van der Waals surface area (Å²) < 4.78 is 0. The van der Waals surface area contributed by atoms with Crippen molar-refractivity contribution in [2.75, 3.05) is 6.54 Å². The van der Waals surface area contributed by atoms with Crippen molar-refractivity contribution >= 4 is 5.91 Å². The number of pyridine rings is 1. The van der Waals surface area contributed by atoms with Crippen molar-refractivity contribution in [2.24, 2.45) is 0 Å². The van der Waals surface area contributed by atoms with E-state index in [0.717, 1.165) is 12.1 Å². The lowest BCUT2D eigenvalue weighted by Gasteiger charge is -2.11. The average Bonchev–Trinajstić information content (AvgIpc) is 2.25. The fraction of sp³-hybridized carbons (Fsp3) is 0.538. The summed E-state index contributed by atoms with van der Waals surface area (Å²) in [7, 11) is 0. The zero-order valence-corrected chi connectivity index (χ0v) is 11.0. The summed E-state index contributed by atoms with van der Waals surface area (Å²) >= 11 is 0. The Morgan fingerprint density at radius 3 is 2.72 bits per heavy atom. The van der Waals surface area contributed by atoms with Gasteiger partial charge in [0.25, 0.3) is 11.5 Å². The summed E-state index contributed by atoms with van der Waals surface area (Å²) in [6.45, 7) is 5.61. The molecule has 1 amide bonds. The monoisotopic (exact) mass is 252 g/mol. The van der Waals surface area contributed by atoms with E-state index >= 15 is 0 Å². The first-order valence-electron chi connectivity index (χ1n) is 6.12. The van der Waals surface area contributed by atoms with Crippen LogP contribution in [-0.2, 0) is 0 Å². The van der Waals surface area contributed by atoms with Gasteiger partial charge >= 0.3 is 0 Å². The van der Waals surface area contributed by atoms with E-state index in [1.807, 2.05) is 6.92 Å². The van der Waals surface area contributed by atoms with Gasteiger partial charge in [0.15, 0.2) is 0 Å². The first-order valence-corrected chi connectivity index (χ1v) is 6.12. The molecule has 5 heteroatoms. The highest BCUT2D eigenvalue weighted by Gasteiger charge is 2.15. The molecule has 0 aliphatic heterocycles. The molecule has 3 N–H and O–H groups in total. The summed E-state index contributed by atoms with van der Waals surface area (Å²) in [6.07, 6.45) is 0.911. The van der Waals surface area contributed by atoms with Crippen LogP contribution in [0, 0.1) is 13.8 Å². The zero-order valence-electron chi connectivity index (χ0n) is 11.0. The summed E-state index contributed by atoms with van der Waals surface area (Å²) in [5.41, 5.74) is 1.08. The minimum Gasteiger partial charge on any atom is -0.391 e. The van der Waals surface area contributed by atoms with Crippen LogP contribution in [0.25, 0.3) is 0 Å². The van der Waals surface area contributed by atoms with Gasteiger partial charge in [0, 0.05) is 12.2 Å². The van der Waals surface area contributed by atoms with Gasteiger partial charge in [0.1, 0.15) is 5.56 Å². The SMILES string of the molecule is CCCC(O)CNC(=O)c1c(C)cc(C)[nH]c1=O. The number of aryl methyl sites for hydroxylation is 2. The largest absolute Gasteiger partial charge is 0.391 e. The second kappa shape index (κ2) is 6.35. The number of rotatable bonds is 5. The number of aromatic nitrogens is 1. The third-order valence-corrected chi connectivity index (χ3v) is 2.71. The van der Waals surface area contributed by atoms with Crippen molar-refractivity contribution < 1.29 is 9.90 Å². The van der Waals surface area contributed by atoms with Gasteiger partial charge < -0.3 is 15.4 Å². The van der Waals surface area contributed by atoms with Crippen molar-refractivity contribution in [3.05, 3.63) is 33.2 Å². The molecule has 1 unspecified atom stereocenters. The van der Waals surface area contributed by atoms with E-state index in [1.54, 1.807) is 19.9 Å². The summed E-state index contributed by atoms with van der Waals surface area (Å²) in [6, 6.07) is 1.75. The van der Waals surface area contributed by atoms with E-state index in [9.17, 15) is 14.7 Å².